The van der Waals surface area contributed by atoms with Gasteiger partial charge in [-0.1, -0.05) is 18.2 Å². The van der Waals surface area contributed by atoms with Gasteiger partial charge in [0.25, 0.3) is 5.91 Å². The molecule has 0 atom stereocenters. The third-order valence-electron chi connectivity index (χ3n) is 5.32. The summed E-state index contributed by atoms with van der Waals surface area (Å²) in [6.07, 6.45) is 1.93. The van der Waals surface area contributed by atoms with Gasteiger partial charge in [-0.05, 0) is 56.2 Å². The van der Waals surface area contributed by atoms with Crippen molar-refractivity contribution in [2.75, 3.05) is 23.7 Å². The van der Waals surface area contributed by atoms with Crippen LogP contribution in [0.4, 0.5) is 11.4 Å². The lowest BCUT2D eigenvalue weighted by Crippen LogP contribution is -2.38. The van der Waals surface area contributed by atoms with E-state index in [-0.39, 0.29) is 35.9 Å². The maximum absolute atomic E-state index is 13.3. The maximum Gasteiger partial charge on any atom is 0.276 e. The average molecular weight is 447 g/mol. The molecule has 4 rings (SSSR count). The minimum atomic E-state index is -0.322. The van der Waals surface area contributed by atoms with Crippen LogP contribution in [0.2, 0.25) is 0 Å². The van der Waals surface area contributed by atoms with Gasteiger partial charge in [0.05, 0.1) is 0 Å². The quantitative estimate of drug-likeness (QED) is 0.537. The predicted molar refractivity (Wildman–Crippen MR) is 125 cm³/mol. The number of rotatable bonds is 8. The van der Waals surface area contributed by atoms with Crippen LogP contribution in [-0.4, -0.2) is 40.7 Å². The molecule has 2 aromatic carbocycles. The molecule has 1 aliphatic carbocycles. The zero-order valence-corrected chi connectivity index (χ0v) is 18.6. The zero-order chi connectivity index (χ0) is 23.4. The van der Waals surface area contributed by atoms with Crippen LogP contribution in [0.15, 0.2) is 59.0 Å². The van der Waals surface area contributed by atoms with Crippen LogP contribution >= 0.6 is 0 Å². The highest BCUT2D eigenvalue weighted by atomic mass is 16.4. The number of carbonyl (C=O) groups excluding carboxylic acids is 3. The number of hydrogen-bond donors (Lipinski definition) is 2. The highest BCUT2D eigenvalue weighted by Crippen LogP contribution is 2.43. The van der Waals surface area contributed by atoms with Gasteiger partial charge >= 0.3 is 0 Å². The molecule has 0 unspecified atom stereocenters. The normalized spacial score (nSPS) is 12.8. The van der Waals surface area contributed by atoms with Gasteiger partial charge in [0.15, 0.2) is 5.69 Å². The number of amides is 3. The summed E-state index contributed by atoms with van der Waals surface area (Å²) in [6.45, 7) is 3.49. The van der Waals surface area contributed by atoms with Gasteiger partial charge < -0.3 is 20.0 Å². The number of carbonyl (C=O) groups is 3. The highest BCUT2D eigenvalue weighted by Gasteiger charge is 2.35. The molecule has 8 nitrogen and oxygen atoms in total. The van der Waals surface area contributed by atoms with Crippen molar-refractivity contribution in [3.8, 4) is 11.5 Å². The summed E-state index contributed by atoms with van der Waals surface area (Å²) < 4.78 is 5.99. The summed E-state index contributed by atoms with van der Waals surface area (Å²) in [7, 11) is 0. The summed E-state index contributed by atoms with van der Waals surface area (Å²) in [4.78, 5) is 43.0. The fraction of sp³-hybridized carbons (Fsp3) is 0.280. The fourth-order valence-electron chi connectivity index (χ4n) is 3.50. The van der Waals surface area contributed by atoms with E-state index in [1.54, 1.807) is 24.3 Å². The monoisotopic (exact) mass is 446 g/mol. The predicted octanol–water partition coefficient (Wildman–Crippen LogP) is 4.28. The first-order valence-electron chi connectivity index (χ1n) is 11.0. The molecule has 1 saturated carbocycles. The van der Waals surface area contributed by atoms with Crippen molar-refractivity contribution in [2.45, 2.75) is 32.6 Å². The van der Waals surface area contributed by atoms with Crippen LogP contribution in [0.5, 0.6) is 0 Å². The second-order valence-electron chi connectivity index (χ2n) is 8.00. The number of anilines is 2. The molecule has 1 aromatic heterocycles. The standard InChI is InChI=1S/C25H26N4O4/c1-3-29(15-21(31)27-20-13-11-19(12-14-20)26-16(2)30)25(32)22-23(17-9-10-17)33-24(28-22)18-7-5-4-6-8-18/h4-8,11-14,17H,3,9-10,15H2,1-2H3,(H,26,30)(H,27,31). The van der Waals surface area contributed by atoms with Crippen LogP contribution in [0, 0.1) is 0 Å². The molecule has 0 bridgehead atoms. The van der Waals surface area contributed by atoms with Gasteiger partial charge in [-0.3, -0.25) is 14.4 Å². The van der Waals surface area contributed by atoms with Crippen LogP contribution in [-0.2, 0) is 9.59 Å². The van der Waals surface area contributed by atoms with E-state index in [9.17, 15) is 14.4 Å². The second-order valence-corrected chi connectivity index (χ2v) is 8.00. The fourth-order valence-corrected chi connectivity index (χ4v) is 3.50. The van der Waals surface area contributed by atoms with E-state index in [1.165, 1.54) is 11.8 Å². The van der Waals surface area contributed by atoms with Gasteiger partial charge in [-0.15, -0.1) is 0 Å². The Morgan fingerprint density at radius 1 is 1.00 bits per heavy atom. The molecule has 33 heavy (non-hydrogen) atoms. The molecular weight excluding hydrogens is 420 g/mol. The van der Waals surface area contributed by atoms with Gasteiger partial charge in [-0.25, -0.2) is 4.98 Å². The van der Waals surface area contributed by atoms with Gasteiger partial charge in [0.2, 0.25) is 17.7 Å². The van der Waals surface area contributed by atoms with E-state index >= 15 is 0 Å². The molecule has 0 saturated heterocycles. The summed E-state index contributed by atoms with van der Waals surface area (Å²) in [6, 6.07) is 16.2. The minimum absolute atomic E-state index is 0.111. The Balaban J connectivity index is 1.46. The topological polar surface area (TPSA) is 105 Å². The molecule has 8 heteroatoms. The Labute approximate surface area is 192 Å². The maximum atomic E-state index is 13.3. The van der Waals surface area contributed by atoms with E-state index in [0.29, 0.717) is 29.6 Å². The Bertz CT molecular complexity index is 1150. The molecule has 3 aromatic rings. The Morgan fingerprint density at radius 2 is 1.64 bits per heavy atom. The van der Waals surface area contributed by atoms with E-state index < -0.39 is 0 Å². The van der Waals surface area contributed by atoms with Crippen LogP contribution in [0.25, 0.3) is 11.5 Å². The van der Waals surface area contributed by atoms with Gasteiger partial charge in [-0.2, -0.15) is 0 Å². The van der Waals surface area contributed by atoms with Crippen molar-refractivity contribution in [3.05, 3.63) is 66.1 Å². The molecule has 0 radical (unpaired) electrons. The first-order chi connectivity index (χ1) is 15.9. The Hall–Kier alpha value is -3.94. The molecule has 1 heterocycles. The molecule has 0 aliphatic heterocycles. The number of aromatic nitrogens is 1. The number of hydrogen-bond acceptors (Lipinski definition) is 5. The lowest BCUT2D eigenvalue weighted by molar-refractivity contribution is -0.117. The number of oxazole rings is 1. The van der Waals surface area contributed by atoms with Crippen molar-refractivity contribution in [1.29, 1.82) is 0 Å². The number of nitrogens with zero attached hydrogens (tertiary/aromatic N) is 2. The summed E-state index contributed by atoms with van der Waals surface area (Å²) >= 11 is 0. The second kappa shape index (κ2) is 9.68. The van der Waals surface area contributed by atoms with E-state index in [1.807, 2.05) is 37.3 Å². The first-order valence-corrected chi connectivity index (χ1v) is 11.0. The third kappa shape index (κ3) is 5.46. The van der Waals surface area contributed by atoms with Crippen molar-refractivity contribution in [2.24, 2.45) is 0 Å². The summed E-state index contributed by atoms with van der Waals surface area (Å²) in [5.74, 6) is 0.409. The SMILES string of the molecule is CCN(CC(=O)Nc1ccc(NC(C)=O)cc1)C(=O)c1nc(-c2ccccc2)oc1C1CC1. The van der Waals surface area contributed by atoms with Crippen molar-refractivity contribution >= 4 is 29.1 Å². The first kappa shape index (κ1) is 22.3. The molecular formula is C25H26N4O4. The van der Waals surface area contributed by atoms with Crippen molar-refractivity contribution in [1.82, 2.24) is 9.88 Å². The van der Waals surface area contributed by atoms with Gasteiger partial charge in [0.1, 0.15) is 12.3 Å². The largest absolute Gasteiger partial charge is 0.440 e. The zero-order valence-electron chi connectivity index (χ0n) is 18.6. The highest BCUT2D eigenvalue weighted by molar-refractivity contribution is 5.99. The van der Waals surface area contributed by atoms with Crippen LogP contribution < -0.4 is 10.6 Å². The third-order valence-corrected chi connectivity index (χ3v) is 5.32. The number of likely N-dealkylation sites (N-methyl/N-ethyl adjacent to an activating group) is 1. The molecule has 2 N–H and O–H groups in total. The molecule has 1 aliphatic rings. The smallest absolute Gasteiger partial charge is 0.276 e. The van der Waals surface area contributed by atoms with E-state index in [0.717, 1.165) is 18.4 Å². The Kier molecular flexibility index (Phi) is 6.53. The molecule has 170 valence electrons. The number of nitrogens with one attached hydrogen (secondary N) is 2. The summed E-state index contributed by atoms with van der Waals surface area (Å²) in [5.41, 5.74) is 2.30. The van der Waals surface area contributed by atoms with E-state index in [2.05, 4.69) is 15.6 Å². The van der Waals surface area contributed by atoms with Crippen molar-refractivity contribution in [3.63, 3.8) is 0 Å². The van der Waals surface area contributed by atoms with Crippen LogP contribution in [0.1, 0.15) is 48.9 Å². The molecule has 1 fully saturated rings. The minimum Gasteiger partial charge on any atom is -0.440 e. The summed E-state index contributed by atoms with van der Waals surface area (Å²) in [5, 5.41) is 5.46. The molecule has 0 spiro atoms. The Morgan fingerprint density at radius 3 is 2.21 bits per heavy atom. The average Bonchev–Trinajstić information content (AvgIpc) is 3.56. The van der Waals surface area contributed by atoms with Gasteiger partial charge in [0, 0.05) is 36.3 Å². The number of benzene rings is 2. The van der Waals surface area contributed by atoms with Crippen LogP contribution in [0.3, 0.4) is 0 Å². The lowest BCUT2D eigenvalue weighted by atomic mass is 10.2. The van der Waals surface area contributed by atoms with Crippen molar-refractivity contribution < 1.29 is 18.8 Å². The van der Waals surface area contributed by atoms with E-state index in [4.69, 9.17) is 4.42 Å². The molecule has 3 amide bonds. The lowest BCUT2D eigenvalue weighted by Gasteiger charge is -2.19.